The molecule has 0 unspecified atom stereocenters. The van der Waals surface area contributed by atoms with E-state index in [9.17, 15) is 9.59 Å². The van der Waals surface area contributed by atoms with Crippen molar-refractivity contribution in [1.82, 2.24) is 0 Å². The first-order valence-electron chi connectivity index (χ1n) is 4.30. The maximum atomic E-state index is 11.0. The average molecular weight is 220 g/mol. The predicted octanol–water partition coefficient (Wildman–Crippen LogP) is 3.24. The van der Waals surface area contributed by atoms with Gasteiger partial charge in [0.05, 0.1) is 0 Å². The molecule has 0 atom stereocenters. The highest BCUT2D eigenvalue weighted by molar-refractivity contribution is 8.14. The van der Waals surface area contributed by atoms with Gasteiger partial charge in [0.25, 0.3) is 0 Å². The lowest BCUT2D eigenvalue weighted by atomic mass is 10.0. The Morgan fingerprint density at radius 3 is 2.38 bits per heavy atom. The fourth-order valence-corrected chi connectivity index (χ4v) is 2.52. The van der Waals surface area contributed by atoms with Gasteiger partial charge in [0.1, 0.15) is 0 Å². The Morgan fingerprint density at radius 1 is 1.23 bits per heavy atom. The number of thiol groups is 1. The molecule has 0 aromatic rings. The second-order valence-electron chi connectivity index (χ2n) is 3.00. The Labute approximate surface area is 87.0 Å². The van der Waals surface area contributed by atoms with Crippen LogP contribution in [-0.4, -0.2) is 15.9 Å². The molecule has 13 heavy (non-hydrogen) atoms. The molecule has 0 N–H and O–H groups in total. The molecule has 0 saturated heterocycles. The zero-order valence-electron chi connectivity index (χ0n) is 7.19. The number of ether oxygens (including phenoxy) is 1. The molecule has 1 saturated carbocycles. The van der Waals surface area contributed by atoms with Crippen LogP contribution >= 0.6 is 24.4 Å². The third-order valence-corrected chi connectivity index (χ3v) is 3.16. The number of thioether (sulfide) groups is 1. The van der Waals surface area contributed by atoms with Crippen molar-refractivity contribution in [1.29, 1.82) is 0 Å². The van der Waals surface area contributed by atoms with Crippen LogP contribution in [0.1, 0.15) is 32.1 Å². The molecule has 74 valence electrons. The van der Waals surface area contributed by atoms with Crippen LogP contribution in [0.4, 0.5) is 9.59 Å². The van der Waals surface area contributed by atoms with Gasteiger partial charge in [0.2, 0.25) is 0 Å². The van der Waals surface area contributed by atoms with Gasteiger partial charge in [0, 0.05) is 5.25 Å². The molecule has 1 rings (SSSR count). The standard InChI is InChI=1S/C8H12O3S2/c9-7(12)11-8(10)13-6-4-2-1-3-5-6/h6H,1-5H2,(H,9,12). The SMILES string of the molecule is O=C(S)OC(=O)SC1CCCCC1. The van der Waals surface area contributed by atoms with Crippen LogP contribution < -0.4 is 0 Å². The summed E-state index contributed by atoms with van der Waals surface area (Å²) in [7, 11) is 0. The van der Waals surface area contributed by atoms with Gasteiger partial charge in [-0.3, -0.25) is 0 Å². The minimum atomic E-state index is -0.826. The fourth-order valence-electron chi connectivity index (χ4n) is 1.41. The average Bonchev–Trinajstić information content (AvgIpc) is 2.04. The van der Waals surface area contributed by atoms with Crippen LogP contribution in [-0.2, 0) is 4.74 Å². The molecule has 0 aromatic heterocycles. The van der Waals surface area contributed by atoms with E-state index in [1.165, 1.54) is 19.3 Å². The number of carbonyl (C=O) groups is 2. The van der Waals surface area contributed by atoms with Gasteiger partial charge < -0.3 is 4.74 Å². The summed E-state index contributed by atoms with van der Waals surface area (Å²) in [5.74, 6) is 0. The Bertz CT molecular complexity index is 200. The van der Waals surface area contributed by atoms with Crippen LogP contribution in [0.25, 0.3) is 0 Å². The van der Waals surface area contributed by atoms with E-state index in [4.69, 9.17) is 0 Å². The van der Waals surface area contributed by atoms with Crippen molar-refractivity contribution in [2.45, 2.75) is 37.4 Å². The van der Waals surface area contributed by atoms with E-state index >= 15 is 0 Å². The number of carbonyl (C=O) groups excluding carboxylic acids is 2. The normalized spacial score (nSPS) is 18.2. The molecule has 1 aliphatic rings. The quantitative estimate of drug-likeness (QED) is 0.418. The Morgan fingerprint density at radius 2 is 1.85 bits per heavy atom. The molecule has 0 spiro atoms. The maximum Gasteiger partial charge on any atom is 0.375 e. The molecule has 1 fully saturated rings. The zero-order chi connectivity index (χ0) is 9.68. The maximum absolute atomic E-state index is 11.0. The molecule has 0 aliphatic heterocycles. The topological polar surface area (TPSA) is 43.4 Å². The number of hydrogen-bond donors (Lipinski definition) is 1. The Hall–Kier alpha value is -0.160. The summed E-state index contributed by atoms with van der Waals surface area (Å²) < 4.78 is 4.30. The second-order valence-corrected chi connectivity index (χ2v) is 4.60. The van der Waals surface area contributed by atoms with E-state index in [0.717, 1.165) is 24.6 Å². The molecular formula is C8H12O3S2. The van der Waals surface area contributed by atoms with Gasteiger partial charge >= 0.3 is 10.6 Å². The molecule has 1 aliphatic carbocycles. The molecule has 0 amide bonds. The van der Waals surface area contributed by atoms with Crippen molar-refractivity contribution in [2.75, 3.05) is 0 Å². The summed E-state index contributed by atoms with van der Waals surface area (Å²) in [6, 6.07) is 0. The van der Waals surface area contributed by atoms with E-state index in [2.05, 4.69) is 17.4 Å². The third-order valence-electron chi connectivity index (χ3n) is 1.99. The highest BCUT2D eigenvalue weighted by Gasteiger charge is 2.19. The summed E-state index contributed by atoms with van der Waals surface area (Å²) >= 11 is 4.48. The number of hydrogen-bond acceptors (Lipinski definition) is 4. The highest BCUT2D eigenvalue weighted by Crippen LogP contribution is 2.29. The summed E-state index contributed by atoms with van der Waals surface area (Å²) in [5, 5.41) is -1.02. The monoisotopic (exact) mass is 220 g/mol. The minimum Gasteiger partial charge on any atom is -0.376 e. The van der Waals surface area contributed by atoms with Gasteiger partial charge in [-0.15, -0.1) is 0 Å². The second kappa shape index (κ2) is 5.54. The van der Waals surface area contributed by atoms with E-state index in [1.807, 2.05) is 0 Å². The third kappa shape index (κ3) is 4.57. The first-order chi connectivity index (χ1) is 6.18. The van der Waals surface area contributed by atoms with E-state index in [1.54, 1.807) is 0 Å². The lowest BCUT2D eigenvalue weighted by Crippen LogP contribution is -2.12. The molecule has 0 bridgehead atoms. The van der Waals surface area contributed by atoms with Crippen molar-refractivity contribution < 1.29 is 14.3 Å². The van der Waals surface area contributed by atoms with Crippen molar-refractivity contribution in [3.05, 3.63) is 0 Å². The summed E-state index contributed by atoms with van der Waals surface area (Å²) in [6.07, 6.45) is 5.66. The van der Waals surface area contributed by atoms with Crippen LogP contribution in [0.15, 0.2) is 0 Å². The lowest BCUT2D eigenvalue weighted by molar-refractivity contribution is 0.187. The van der Waals surface area contributed by atoms with Gasteiger partial charge in [-0.25, -0.2) is 9.59 Å². The minimum absolute atomic E-state index is 0.328. The summed E-state index contributed by atoms with van der Waals surface area (Å²) in [6.45, 7) is 0. The molecule has 0 heterocycles. The van der Waals surface area contributed by atoms with Gasteiger partial charge in [-0.1, -0.05) is 31.9 Å². The van der Waals surface area contributed by atoms with Crippen molar-refractivity contribution in [3.63, 3.8) is 0 Å². The van der Waals surface area contributed by atoms with Crippen LogP contribution in [0.2, 0.25) is 0 Å². The first kappa shape index (κ1) is 10.9. The molecule has 0 radical (unpaired) electrons. The smallest absolute Gasteiger partial charge is 0.375 e. The fraction of sp³-hybridized carbons (Fsp3) is 0.750. The lowest BCUT2D eigenvalue weighted by Gasteiger charge is -2.18. The van der Waals surface area contributed by atoms with Gasteiger partial charge in [-0.05, 0) is 24.6 Å². The first-order valence-corrected chi connectivity index (χ1v) is 5.62. The molecular weight excluding hydrogens is 208 g/mol. The van der Waals surface area contributed by atoms with Crippen molar-refractivity contribution in [2.24, 2.45) is 0 Å². The highest BCUT2D eigenvalue weighted by atomic mass is 32.2. The Balaban J connectivity index is 2.22. The zero-order valence-corrected chi connectivity index (χ0v) is 8.90. The van der Waals surface area contributed by atoms with Gasteiger partial charge in [-0.2, -0.15) is 0 Å². The van der Waals surface area contributed by atoms with Gasteiger partial charge in [0.15, 0.2) is 0 Å². The van der Waals surface area contributed by atoms with Crippen molar-refractivity contribution >= 4 is 35.0 Å². The van der Waals surface area contributed by atoms with Crippen LogP contribution in [0.3, 0.4) is 0 Å². The largest absolute Gasteiger partial charge is 0.376 e. The molecule has 3 nitrogen and oxygen atoms in total. The van der Waals surface area contributed by atoms with E-state index in [-0.39, 0.29) is 0 Å². The van der Waals surface area contributed by atoms with E-state index < -0.39 is 10.6 Å². The van der Waals surface area contributed by atoms with Crippen molar-refractivity contribution in [3.8, 4) is 0 Å². The molecule has 5 heteroatoms. The summed E-state index contributed by atoms with van der Waals surface area (Å²) in [5.41, 5.74) is 0. The van der Waals surface area contributed by atoms with E-state index in [0.29, 0.717) is 5.25 Å². The Kier molecular flexibility index (Phi) is 4.66. The molecule has 0 aromatic carbocycles. The van der Waals surface area contributed by atoms with Crippen LogP contribution in [0.5, 0.6) is 0 Å². The van der Waals surface area contributed by atoms with Crippen LogP contribution in [0, 0.1) is 0 Å². The number of rotatable bonds is 1. The summed E-state index contributed by atoms with van der Waals surface area (Å²) in [4.78, 5) is 21.3. The predicted molar refractivity (Wildman–Crippen MR) is 55.3 cm³/mol.